The van der Waals surface area contributed by atoms with Gasteiger partial charge in [0, 0.05) is 18.8 Å². The summed E-state index contributed by atoms with van der Waals surface area (Å²) in [6.07, 6.45) is 8.80. The van der Waals surface area contributed by atoms with Gasteiger partial charge in [-0.1, -0.05) is 25.7 Å². The fourth-order valence-corrected chi connectivity index (χ4v) is 2.01. The van der Waals surface area contributed by atoms with E-state index in [4.69, 9.17) is 0 Å². The molecular formula is C11H14N2O. The van der Waals surface area contributed by atoms with E-state index in [0.29, 0.717) is 18.2 Å². The van der Waals surface area contributed by atoms with Crippen LogP contribution in [0, 0.1) is 5.92 Å². The molecule has 1 saturated carbocycles. The van der Waals surface area contributed by atoms with Crippen LogP contribution >= 0.6 is 0 Å². The van der Waals surface area contributed by atoms with Gasteiger partial charge in [-0.25, -0.2) is 9.97 Å². The molecule has 1 fully saturated rings. The van der Waals surface area contributed by atoms with Gasteiger partial charge in [-0.2, -0.15) is 0 Å². The number of ketones is 1. The van der Waals surface area contributed by atoms with E-state index in [0.717, 1.165) is 0 Å². The molecule has 0 bridgehead atoms. The van der Waals surface area contributed by atoms with Crippen LogP contribution in [0.5, 0.6) is 0 Å². The molecule has 3 nitrogen and oxygen atoms in total. The summed E-state index contributed by atoms with van der Waals surface area (Å²) >= 11 is 0. The highest BCUT2D eigenvalue weighted by atomic mass is 16.1. The Balaban J connectivity index is 1.95. The third-order valence-electron chi connectivity index (χ3n) is 2.76. The quantitative estimate of drug-likeness (QED) is 0.686. The lowest BCUT2D eigenvalue weighted by molar-refractivity contribution is 0.0952. The molecule has 0 N–H and O–H groups in total. The molecule has 1 aliphatic rings. The molecule has 0 atom stereocenters. The van der Waals surface area contributed by atoms with E-state index in [-0.39, 0.29) is 5.78 Å². The normalized spacial score (nSPS) is 17.1. The number of hydrogen-bond donors (Lipinski definition) is 0. The first-order valence-corrected chi connectivity index (χ1v) is 5.16. The van der Waals surface area contributed by atoms with Gasteiger partial charge < -0.3 is 0 Å². The van der Waals surface area contributed by atoms with Crippen molar-refractivity contribution >= 4 is 5.78 Å². The second-order valence-corrected chi connectivity index (χ2v) is 3.85. The maximum Gasteiger partial charge on any atom is 0.200 e. The predicted octanol–water partition coefficient (Wildman–Crippen LogP) is 2.24. The third kappa shape index (κ3) is 2.16. The number of aromatic nitrogens is 2. The summed E-state index contributed by atoms with van der Waals surface area (Å²) < 4.78 is 0. The van der Waals surface area contributed by atoms with Gasteiger partial charge in [-0.15, -0.1) is 0 Å². The Kier molecular flexibility index (Phi) is 2.87. The lowest BCUT2D eigenvalue weighted by Gasteiger charge is -2.05. The summed E-state index contributed by atoms with van der Waals surface area (Å²) in [4.78, 5) is 19.6. The minimum absolute atomic E-state index is 0.0949. The van der Waals surface area contributed by atoms with Gasteiger partial charge in [0.1, 0.15) is 0 Å². The van der Waals surface area contributed by atoms with E-state index in [9.17, 15) is 4.79 Å². The maximum atomic E-state index is 11.7. The zero-order valence-electron chi connectivity index (χ0n) is 8.15. The zero-order chi connectivity index (χ0) is 9.80. The first-order chi connectivity index (χ1) is 6.86. The molecule has 1 heterocycles. The lowest BCUT2D eigenvalue weighted by atomic mass is 10.0. The molecule has 1 aliphatic carbocycles. The first kappa shape index (κ1) is 9.31. The minimum Gasteiger partial charge on any atom is -0.291 e. The van der Waals surface area contributed by atoms with Gasteiger partial charge >= 0.3 is 0 Å². The fraction of sp³-hybridized carbons (Fsp3) is 0.545. The Morgan fingerprint density at radius 1 is 1.29 bits per heavy atom. The highest BCUT2D eigenvalue weighted by molar-refractivity contribution is 5.92. The number of carbonyl (C=O) groups is 1. The second kappa shape index (κ2) is 4.31. The van der Waals surface area contributed by atoms with E-state index in [2.05, 4.69) is 9.97 Å². The zero-order valence-corrected chi connectivity index (χ0v) is 8.15. The Hall–Kier alpha value is -1.25. The van der Waals surface area contributed by atoms with Crippen LogP contribution in [0.1, 0.15) is 42.7 Å². The number of rotatable bonds is 3. The van der Waals surface area contributed by atoms with Gasteiger partial charge in [-0.3, -0.25) is 4.79 Å². The lowest BCUT2D eigenvalue weighted by Crippen LogP contribution is -2.09. The van der Waals surface area contributed by atoms with Gasteiger partial charge in [0.25, 0.3) is 0 Å². The number of nitrogens with zero attached hydrogens (tertiary/aromatic N) is 2. The number of Topliss-reactive ketones (excluding diaryl/α,β-unsaturated/α-hetero) is 1. The standard InChI is InChI=1S/C11H14N2O/c14-10(8-9-4-1-2-5-9)11-12-6-3-7-13-11/h3,6-7,9H,1-2,4-5,8H2. The maximum absolute atomic E-state index is 11.7. The van der Waals surface area contributed by atoms with Crippen molar-refractivity contribution in [3.8, 4) is 0 Å². The van der Waals surface area contributed by atoms with Crippen molar-refractivity contribution in [3.05, 3.63) is 24.3 Å². The summed E-state index contributed by atoms with van der Waals surface area (Å²) in [5.41, 5.74) is 0. The molecule has 0 aliphatic heterocycles. The van der Waals surface area contributed by atoms with Crippen molar-refractivity contribution in [2.45, 2.75) is 32.1 Å². The average molecular weight is 190 g/mol. The van der Waals surface area contributed by atoms with Crippen LogP contribution in [-0.4, -0.2) is 15.8 Å². The summed E-state index contributed by atoms with van der Waals surface area (Å²) in [7, 11) is 0. The fourth-order valence-electron chi connectivity index (χ4n) is 2.01. The second-order valence-electron chi connectivity index (χ2n) is 3.85. The first-order valence-electron chi connectivity index (χ1n) is 5.16. The summed E-state index contributed by atoms with van der Waals surface area (Å²) in [5, 5.41) is 0. The van der Waals surface area contributed by atoms with E-state index in [1.807, 2.05) is 0 Å². The molecule has 2 rings (SSSR count). The van der Waals surface area contributed by atoms with Crippen LogP contribution in [-0.2, 0) is 0 Å². The van der Waals surface area contributed by atoms with Crippen LogP contribution in [0.25, 0.3) is 0 Å². The smallest absolute Gasteiger partial charge is 0.200 e. The van der Waals surface area contributed by atoms with Gasteiger partial charge in [-0.05, 0) is 12.0 Å². The van der Waals surface area contributed by atoms with Gasteiger partial charge in [0.15, 0.2) is 11.6 Å². The molecule has 0 radical (unpaired) electrons. The molecule has 3 heteroatoms. The summed E-state index contributed by atoms with van der Waals surface area (Å²) in [6.45, 7) is 0. The number of hydrogen-bond acceptors (Lipinski definition) is 3. The molecule has 74 valence electrons. The van der Waals surface area contributed by atoms with Crippen molar-refractivity contribution < 1.29 is 4.79 Å². The Bertz CT molecular complexity index is 304. The molecular weight excluding hydrogens is 176 g/mol. The Morgan fingerprint density at radius 2 is 1.93 bits per heavy atom. The van der Waals surface area contributed by atoms with Crippen molar-refractivity contribution in [2.24, 2.45) is 5.92 Å². The molecule has 14 heavy (non-hydrogen) atoms. The Morgan fingerprint density at radius 3 is 2.57 bits per heavy atom. The van der Waals surface area contributed by atoms with Gasteiger partial charge in [0.05, 0.1) is 0 Å². The largest absolute Gasteiger partial charge is 0.291 e. The van der Waals surface area contributed by atoms with E-state index < -0.39 is 0 Å². The topological polar surface area (TPSA) is 42.9 Å². The molecule has 1 aromatic rings. The van der Waals surface area contributed by atoms with Crippen molar-refractivity contribution in [2.75, 3.05) is 0 Å². The van der Waals surface area contributed by atoms with Crippen molar-refractivity contribution in [1.29, 1.82) is 0 Å². The predicted molar refractivity (Wildman–Crippen MR) is 52.9 cm³/mol. The van der Waals surface area contributed by atoms with E-state index in [1.54, 1.807) is 18.5 Å². The third-order valence-corrected chi connectivity index (χ3v) is 2.76. The summed E-state index contributed by atoms with van der Waals surface area (Å²) in [5.74, 6) is 1.04. The monoisotopic (exact) mass is 190 g/mol. The van der Waals surface area contributed by atoms with Crippen LogP contribution in [0.3, 0.4) is 0 Å². The van der Waals surface area contributed by atoms with Crippen LogP contribution in [0.4, 0.5) is 0 Å². The van der Waals surface area contributed by atoms with Crippen LogP contribution in [0.15, 0.2) is 18.5 Å². The minimum atomic E-state index is 0.0949. The molecule has 1 aromatic heterocycles. The van der Waals surface area contributed by atoms with Crippen molar-refractivity contribution in [3.63, 3.8) is 0 Å². The molecule has 0 amide bonds. The van der Waals surface area contributed by atoms with E-state index >= 15 is 0 Å². The average Bonchev–Trinajstić information content (AvgIpc) is 2.72. The highest BCUT2D eigenvalue weighted by Crippen LogP contribution is 2.28. The van der Waals surface area contributed by atoms with Crippen molar-refractivity contribution in [1.82, 2.24) is 9.97 Å². The molecule has 0 saturated heterocycles. The highest BCUT2D eigenvalue weighted by Gasteiger charge is 2.20. The number of carbonyl (C=O) groups excluding carboxylic acids is 1. The molecule has 0 spiro atoms. The van der Waals surface area contributed by atoms with Gasteiger partial charge in [0.2, 0.25) is 0 Å². The molecule has 0 unspecified atom stereocenters. The van der Waals surface area contributed by atoms with Crippen LogP contribution < -0.4 is 0 Å². The Labute approximate surface area is 83.6 Å². The van der Waals surface area contributed by atoms with Crippen LogP contribution in [0.2, 0.25) is 0 Å². The SMILES string of the molecule is O=C(CC1CCCC1)c1ncccn1. The van der Waals surface area contributed by atoms with E-state index in [1.165, 1.54) is 25.7 Å². The molecule has 0 aromatic carbocycles. The summed E-state index contributed by atoms with van der Waals surface area (Å²) in [6, 6.07) is 1.73.